The van der Waals surface area contributed by atoms with Gasteiger partial charge in [-0.05, 0) is 31.9 Å². The second-order valence-corrected chi connectivity index (χ2v) is 8.23. The smallest absolute Gasteiger partial charge is 0.270 e. The number of hydrogen-bond donors (Lipinski definition) is 0. The fourth-order valence-electron chi connectivity index (χ4n) is 4.23. The van der Waals surface area contributed by atoms with E-state index in [0.717, 1.165) is 36.8 Å². The van der Waals surface area contributed by atoms with Crippen molar-refractivity contribution in [2.75, 3.05) is 6.54 Å². The van der Waals surface area contributed by atoms with Crippen LogP contribution in [0.15, 0.2) is 53.1 Å². The maximum atomic E-state index is 13.3. The largest absolute Gasteiger partial charge is 0.339 e. The van der Waals surface area contributed by atoms with E-state index in [1.165, 1.54) is 18.6 Å². The number of nitro benzene ring substituents is 1. The summed E-state index contributed by atoms with van der Waals surface area (Å²) in [7, 11) is 0. The van der Waals surface area contributed by atoms with Gasteiger partial charge in [0.15, 0.2) is 0 Å². The molecule has 1 saturated carbocycles. The zero-order valence-electron chi connectivity index (χ0n) is 18.1. The number of carbonyl (C=O) groups excluding carboxylic acids is 1. The quantitative estimate of drug-likeness (QED) is 0.384. The average Bonchev–Trinajstić information content (AvgIpc) is 3.29. The predicted molar refractivity (Wildman–Crippen MR) is 119 cm³/mol. The minimum absolute atomic E-state index is 0.0841. The van der Waals surface area contributed by atoms with Crippen LogP contribution in [0.3, 0.4) is 0 Å². The third kappa shape index (κ3) is 5.01. The molecule has 0 saturated heterocycles. The van der Waals surface area contributed by atoms with Crippen LogP contribution in [-0.4, -0.2) is 38.5 Å². The summed E-state index contributed by atoms with van der Waals surface area (Å²) in [5, 5.41) is 15.2. The molecule has 0 radical (unpaired) electrons. The molecule has 3 aromatic rings. The van der Waals surface area contributed by atoms with Gasteiger partial charge in [-0.2, -0.15) is 4.98 Å². The van der Waals surface area contributed by atoms with Crippen molar-refractivity contribution in [2.24, 2.45) is 0 Å². The molecule has 1 heterocycles. The minimum atomic E-state index is -0.479. The summed E-state index contributed by atoms with van der Waals surface area (Å²) in [4.78, 5) is 30.3. The van der Waals surface area contributed by atoms with Gasteiger partial charge in [-0.3, -0.25) is 14.9 Å². The fraction of sp³-hybridized carbons (Fsp3) is 0.375. The summed E-state index contributed by atoms with van der Waals surface area (Å²) < 4.78 is 5.44. The van der Waals surface area contributed by atoms with Crippen LogP contribution in [0.5, 0.6) is 0 Å². The van der Waals surface area contributed by atoms with Crippen LogP contribution in [0, 0.1) is 17.0 Å². The van der Waals surface area contributed by atoms with Crippen molar-refractivity contribution in [3.05, 3.63) is 75.7 Å². The lowest BCUT2D eigenvalue weighted by atomic mass is 9.93. The van der Waals surface area contributed by atoms with Crippen LogP contribution in [-0.2, 0) is 6.42 Å². The van der Waals surface area contributed by atoms with Crippen molar-refractivity contribution in [3.63, 3.8) is 0 Å². The number of rotatable bonds is 7. The van der Waals surface area contributed by atoms with Crippen molar-refractivity contribution >= 4 is 11.6 Å². The van der Waals surface area contributed by atoms with Crippen LogP contribution >= 0.6 is 0 Å². The molecule has 0 unspecified atom stereocenters. The zero-order valence-corrected chi connectivity index (χ0v) is 18.1. The van der Waals surface area contributed by atoms with Crippen LogP contribution < -0.4 is 0 Å². The molecule has 8 nitrogen and oxygen atoms in total. The highest BCUT2D eigenvalue weighted by Gasteiger charge is 2.27. The fourth-order valence-corrected chi connectivity index (χ4v) is 4.23. The molecule has 1 amide bonds. The molecule has 0 atom stereocenters. The lowest BCUT2D eigenvalue weighted by Gasteiger charge is -2.34. The number of nitrogens with zero attached hydrogens (tertiary/aromatic N) is 4. The van der Waals surface area contributed by atoms with E-state index in [1.54, 1.807) is 12.1 Å². The minimum Gasteiger partial charge on any atom is -0.339 e. The number of carbonyl (C=O) groups is 1. The molecule has 2 aromatic carbocycles. The van der Waals surface area contributed by atoms with Gasteiger partial charge in [-0.1, -0.05) is 54.2 Å². The van der Waals surface area contributed by atoms with Crippen LogP contribution in [0.25, 0.3) is 11.4 Å². The number of non-ortho nitro benzene ring substituents is 1. The van der Waals surface area contributed by atoms with Crippen LogP contribution in [0.1, 0.15) is 53.9 Å². The Balaban J connectivity index is 1.52. The standard InChI is InChI=1S/C24H26N4O4/c1-17-7-5-8-18(15-17)23-25-22(32-26-23)13-14-27(20-10-3-2-4-11-20)24(29)19-9-6-12-21(16-19)28(30)31/h5-9,12,15-16,20H,2-4,10-11,13-14H2,1H3. The van der Waals surface area contributed by atoms with E-state index in [4.69, 9.17) is 4.52 Å². The van der Waals surface area contributed by atoms with Gasteiger partial charge in [0.2, 0.25) is 11.7 Å². The van der Waals surface area contributed by atoms with E-state index >= 15 is 0 Å². The summed E-state index contributed by atoms with van der Waals surface area (Å²) in [6, 6.07) is 13.9. The van der Waals surface area contributed by atoms with Gasteiger partial charge in [0.05, 0.1) is 4.92 Å². The maximum Gasteiger partial charge on any atom is 0.270 e. The Morgan fingerprint density at radius 2 is 1.94 bits per heavy atom. The zero-order chi connectivity index (χ0) is 22.5. The van der Waals surface area contributed by atoms with E-state index in [0.29, 0.717) is 30.2 Å². The van der Waals surface area contributed by atoms with Gasteiger partial charge in [0.25, 0.3) is 11.6 Å². The Hall–Kier alpha value is -3.55. The Kier molecular flexibility index (Phi) is 6.58. The van der Waals surface area contributed by atoms with Gasteiger partial charge < -0.3 is 9.42 Å². The second kappa shape index (κ2) is 9.72. The van der Waals surface area contributed by atoms with Gasteiger partial charge >= 0.3 is 0 Å². The number of benzene rings is 2. The Morgan fingerprint density at radius 1 is 1.16 bits per heavy atom. The summed E-state index contributed by atoms with van der Waals surface area (Å²) in [6.45, 7) is 2.42. The molecular weight excluding hydrogens is 408 g/mol. The number of nitro groups is 1. The lowest BCUT2D eigenvalue weighted by Crippen LogP contribution is -2.42. The Bertz CT molecular complexity index is 1100. The van der Waals surface area contributed by atoms with Crippen molar-refractivity contribution in [2.45, 2.75) is 51.5 Å². The van der Waals surface area contributed by atoms with E-state index in [-0.39, 0.29) is 17.6 Å². The number of amides is 1. The highest BCUT2D eigenvalue weighted by atomic mass is 16.6. The van der Waals surface area contributed by atoms with E-state index in [1.807, 2.05) is 36.1 Å². The van der Waals surface area contributed by atoms with Crippen molar-refractivity contribution in [1.29, 1.82) is 0 Å². The first-order chi connectivity index (χ1) is 15.5. The molecule has 1 aliphatic carbocycles. The molecular formula is C24H26N4O4. The monoisotopic (exact) mass is 434 g/mol. The highest BCUT2D eigenvalue weighted by molar-refractivity contribution is 5.95. The van der Waals surface area contributed by atoms with E-state index in [9.17, 15) is 14.9 Å². The second-order valence-electron chi connectivity index (χ2n) is 8.23. The molecule has 1 aliphatic rings. The predicted octanol–water partition coefficient (Wildman–Crippen LogP) is 4.97. The number of aryl methyl sites for hydroxylation is 1. The van der Waals surface area contributed by atoms with Gasteiger partial charge in [-0.15, -0.1) is 0 Å². The SMILES string of the molecule is Cc1cccc(-c2noc(CCN(C(=O)c3cccc([N+](=O)[O-])c3)C3CCCCC3)n2)c1. The van der Waals surface area contributed by atoms with Gasteiger partial charge in [0, 0.05) is 42.3 Å². The molecule has 166 valence electrons. The first-order valence-electron chi connectivity index (χ1n) is 11.0. The summed E-state index contributed by atoms with van der Waals surface area (Å²) in [5.74, 6) is 0.797. The maximum absolute atomic E-state index is 13.3. The molecule has 8 heteroatoms. The van der Waals surface area contributed by atoms with Gasteiger partial charge in [-0.25, -0.2) is 0 Å². The van der Waals surface area contributed by atoms with Crippen LogP contribution in [0.4, 0.5) is 5.69 Å². The lowest BCUT2D eigenvalue weighted by molar-refractivity contribution is -0.384. The third-order valence-corrected chi connectivity index (χ3v) is 5.89. The molecule has 1 fully saturated rings. The number of hydrogen-bond acceptors (Lipinski definition) is 6. The molecule has 4 rings (SSSR count). The van der Waals surface area contributed by atoms with Gasteiger partial charge in [0.1, 0.15) is 0 Å². The topological polar surface area (TPSA) is 102 Å². The average molecular weight is 434 g/mol. The highest BCUT2D eigenvalue weighted by Crippen LogP contribution is 2.26. The summed E-state index contributed by atoms with van der Waals surface area (Å²) in [6.07, 6.45) is 5.59. The van der Waals surface area contributed by atoms with Crippen molar-refractivity contribution in [1.82, 2.24) is 15.0 Å². The Morgan fingerprint density at radius 3 is 2.69 bits per heavy atom. The molecule has 0 spiro atoms. The van der Waals surface area contributed by atoms with E-state index in [2.05, 4.69) is 10.1 Å². The third-order valence-electron chi connectivity index (χ3n) is 5.89. The summed E-state index contributed by atoms with van der Waals surface area (Å²) >= 11 is 0. The summed E-state index contributed by atoms with van der Waals surface area (Å²) in [5.41, 5.74) is 2.24. The first-order valence-corrected chi connectivity index (χ1v) is 11.0. The molecule has 0 bridgehead atoms. The molecule has 32 heavy (non-hydrogen) atoms. The van der Waals surface area contributed by atoms with Crippen molar-refractivity contribution < 1.29 is 14.2 Å². The molecule has 0 N–H and O–H groups in total. The van der Waals surface area contributed by atoms with E-state index < -0.39 is 4.92 Å². The molecule has 0 aliphatic heterocycles. The molecule has 1 aromatic heterocycles. The first kappa shape index (κ1) is 21.7. The normalized spacial score (nSPS) is 14.3. The van der Waals surface area contributed by atoms with Crippen LogP contribution in [0.2, 0.25) is 0 Å². The Labute approximate surface area is 186 Å². The number of aromatic nitrogens is 2. The van der Waals surface area contributed by atoms with Crippen molar-refractivity contribution in [3.8, 4) is 11.4 Å².